The van der Waals surface area contributed by atoms with E-state index in [1.807, 2.05) is 6.07 Å². The molecule has 1 saturated heterocycles. The van der Waals surface area contributed by atoms with Gasteiger partial charge in [-0.1, -0.05) is 13.8 Å². The van der Waals surface area contributed by atoms with Crippen molar-refractivity contribution in [3.63, 3.8) is 0 Å². The summed E-state index contributed by atoms with van der Waals surface area (Å²) in [5.74, 6) is 1.64. The molecule has 1 aliphatic heterocycles. The third-order valence-electron chi connectivity index (χ3n) is 4.03. The van der Waals surface area contributed by atoms with E-state index in [4.69, 9.17) is 0 Å². The number of Topliss-reactive ketones (excluding diaryl/α,β-unsaturated/α-hetero) is 1. The standard InChI is InChI=1S/C15H20BrNO/c1-10-6-7-17(9-11(10)2)13-4-5-14(12(3)18)15(16)8-13/h4-5,8,10-11H,6-7,9H2,1-3H3. The summed E-state index contributed by atoms with van der Waals surface area (Å²) in [6.45, 7) is 8.46. The highest BCUT2D eigenvalue weighted by Gasteiger charge is 2.23. The van der Waals surface area contributed by atoms with Gasteiger partial charge in [0.05, 0.1) is 0 Å². The fourth-order valence-electron chi connectivity index (χ4n) is 2.48. The fraction of sp³-hybridized carbons (Fsp3) is 0.533. The number of rotatable bonds is 2. The molecule has 2 atom stereocenters. The number of carbonyl (C=O) groups is 1. The van der Waals surface area contributed by atoms with Gasteiger partial charge in [-0.3, -0.25) is 4.79 Å². The van der Waals surface area contributed by atoms with Crippen molar-refractivity contribution >= 4 is 27.4 Å². The van der Waals surface area contributed by atoms with Crippen LogP contribution in [0.4, 0.5) is 5.69 Å². The number of hydrogen-bond acceptors (Lipinski definition) is 2. The number of anilines is 1. The van der Waals surface area contributed by atoms with Gasteiger partial charge < -0.3 is 4.90 Å². The predicted octanol–water partition coefficient (Wildman–Crippen LogP) is 4.13. The minimum absolute atomic E-state index is 0.106. The lowest BCUT2D eigenvalue weighted by Gasteiger charge is -2.37. The van der Waals surface area contributed by atoms with Gasteiger partial charge in [0.25, 0.3) is 0 Å². The van der Waals surface area contributed by atoms with Crippen LogP contribution in [0, 0.1) is 11.8 Å². The lowest BCUT2D eigenvalue weighted by molar-refractivity contribution is 0.101. The second kappa shape index (κ2) is 5.43. The monoisotopic (exact) mass is 309 g/mol. The van der Waals surface area contributed by atoms with Crippen molar-refractivity contribution in [2.45, 2.75) is 27.2 Å². The average Bonchev–Trinajstić information content (AvgIpc) is 2.32. The Morgan fingerprint density at radius 2 is 2.06 bits per heavy atom. The minimum Gasteiger partial charge on any atom is -0.371 e. The van der Waals surface area contributed by atoms with Crippen molar-refractivity contribution in [2.24, 2.45) is 11.8 Å². The maximum Gasteiger partial charge on any atom is 0.160 e. The van der Waals surface area contributed by atoms with Gasteiger partial charge in [0, 0.05) is 28.8 Å². The smallest absolute Gasteiger partial charge is 0.160 e. The van der Waals surface area contributed by atoms with E-state index in [0.717, 1.165) is 35.0 Å². The van der Waals surface area contributed by atoms with Gasteiger partial charge in [-0.15, -0.1) is 0 Å². The molecule has 3 heteroatoms. The molecule has 0 radical (unpaired) electrons. The van der Waals surface area contributed by atoms with E-state index in [1.54, 1.807) is 6.92 Å². The van der Waals surface area contributed by atoms with Crippen LogP contribution < -0.4 is 4.90 Å². The Kier molecular flexibility index (Phi) is 4.10. The second-order valence-corrected chi connectivity index (χ2v) is 6.26. The van der Waals surface area contributed by atoms with Crippen LogP contribution in [0.5, 0.6) is 0 Å². The summed E-state index contributed by atoms with van der Waals surface area (Å²) in [5.41, 5.74) is 1.97. The summed E-state index contributed by atoms with van der Waals surface area (Å²) in [7, 11) is 0. The summed E-state index contributed by atoms with van der Waals surface area (Å²) in [6, 6.07) is 6.05. The normalized spacial score (nSPS) is 24.1. The van der Waals surface area contributed by atoms with Crippen LogP contribution in [-0.4, -0.2) is 18.9 Å². The van der Waals surface area contributed by atoms with Gasteiger partial charge in [-0.05, 0) is 59.3 Å². The molecule has 2 rings (SSSR count). The molecule has 0 aliphatic carbocycles. The number of carbonyl (C=O) groups excluding carboxylic acids is 1. The zero-order valence-electron chi connectivity index (χ0n) is 11.2. The van der Waals surface area contributed by atoms with E-state index < -0.39 is 0 Å². The first-order valence-electron chi connectivity index (χ1n) is 6.54. The first kappa shape index (κ1) is 13.6. The molecule has 1 aliphatic rings. The third-order valence-corrected chi connectivity index (χ3v) is 4.69. The first-order chi connectivity index (χ1) is 8.49. The van der Waals surface area contributed by atoms with Gasteiger partial charge in [0.15, 0.2) is 5.78 Å². The van der Waals surface area contributed by atoms with Crippen LogP contribution in [0.3, 0.4) is 0 Å². The first-order valence-corrected chi connectivity index (χ1v) is 7.33. The van der Waals surface area contributed by atoms with Crippen molar-refractivity contribution in [3.8, 4) is 0 Å². The van der Waals surface area contributed by atoms with Gasteiger partial charge in [0.2, 0.25) is 0 Å². The molecule has 0 spiro atoms. The predicted molar refractivity (Wildman–Crippen MR) is 79.3 cm³/mol. The zero-order valence-corrected chi connectivity index (χ0v) is 12.8. The van der Waals surface area contributed by atoms with Crippen molar-refractivity contribution in [1.29, 1.82) is 0 Å². The van der Waals surface area contributed by atoms with Crippen LogP contribution in [0.15, 0.2) is 22.7 Å². The summed E-state index contributed by atoms with van der Waals surface area (Å²) >= 11 is 3.49. The molecular weight excluding hydrogens is 290 g/mol. The quantitative estimate of drug-likeness (QED) is 0.765. The molecule has 0 saturated carbocycles. The van der Waals surface area contributed by atoms with Crippen LogP contribution in [0.25, 0.3) is 0 Å². The summed E-state index contributed by atoms with van der Waals surface area (Å²) < 4.78 is 0.902. The summed E-state index contributed by atoms with van der Waals surface area (Å²) in [4.78, 5) is 13.8. The van der Waals surface area contributed by atoms with Gasteiger partial charge >= 0.3 is 0 Å². The van der Waals surface area contributed by atoms with Gasteiger partial charge in [-0.25, -0.2) is 0 Å². The summed E-state index contributed by atoms with van der Waals surface area (Å²) in [5, 5.41) is 0. The maximum atomic E-state index is 11.4. The van der Waals surface area contributed by atoms with Crippen LogP contribution in [0.1, 0.15) is 37.6 Å². The van der Waals surface area contributed by atoms with Crippen molar-refractivity contribution in [1.82, 2.24) is 0 Å². The lowest BCUT2D eigenvalue weighted by Crippen LogP contribution is -2.38. The number of hydrogen-bond donors (Lipinski definition) is 0. The Bertz CT molecular complexity index is 458. The van der Waals surface area contributed by atoms with Crippen LogP contribution in [-0.2, 0) is 0 Å². The van der Waals surface area contributed by atoms with Gasteiger partial charge in [-0.2, -0.15) is 0 Å². The molecule has 1 aromatic rings. The molecule has 0 N–H and O–H groups in total. The second-order valence-electron chi connectivity index (χ2n) is 5.41. The third kappa shape index (κ3) is 2.77. The SMILES string of the molecule is CC(=O)c1ccc(N2CCC(C)C(C)C2)cc1Br. The molecule has 1 heterocycles. The highest BCUT2D eigenvalue weighted by molar-refractivity contribution is 9.10. The lowest BCUT2D eigenvalue weighted by atomic mass is 9.88. The molecule has 0 bridgehead atoms. The molecule has 98 valence electrons. The molecule has 18 heavy (non-hydrogen) atoms. The van der Waals surface area contributed by atoms with Crippen molar-refractivity contribution in [3.05, 3.63) is 28.2 Å². The Balaban J connectivity index is 2.19. The van der Waals surface area contributed by atoms with E-state index in [0.29, 0.717) is 0 Å². The maximum absolute atomic E-state index is 11.4. The van der Waals surface area contributed by atoms with E-state index >= 15 is 0 Å². The zero-order chi connectivity index (χ0) is 13.3. The number of ketones is 1. The minimum atomic E-state index is 0.106. The Labute approximate surface area is 117 Å². The van der Waals surface area contributed by atoms with E-state index in [9.17, 15) is 4.79 Å². The molecule has 0 aromatic heterocycles. The van der Waals surface area contributed by atoms with E-state index in [-0.39, 0.29) is 5.78 Å². The molecule has 1 fully saturated rings. The highest BCUT2D eigenvalue weighted by atomic mass is 79.9. The molecule has 2 unspecified atom stereocenters. The molecular formula is C15H20BrNO. The number of halogens is 1. The topological polar surface area (TPSA) is 20.3 Å². The molecule has 2 nitrogen and oxygen atoms in total. The average molecular weight is 310 g/mol. The fourth-order valence-corrected chi connectivity index (χ4v) is 3.13. The van der Waals surface area contributed by atoms with Crippen LogP contribution >= 0.6 is 15.9 Å². The highest BCUT2D eigenvalue weighted by Crippen LogP contribution is 2.30. The van der Waals surface area contributed by atoms with E-state index in [2.05, 4.69) is 46.8 Å². The number of benzene rings is 1. The Morgan fingerprint density at radius 3 is 2.61 bits per heavy atom. The summed E-state index contributed by atoms with van der Waals surface area (Å²) in [6.07, 6.45) is 1.24. The van der Waals surface area contributed by atoms with Gasteiger partial charge in [0.1, 0.15) is 0 Å². The number of piperidine rings is 1. The van der Waals surface area contributed by atoms with Crippen molar-refractivity contribution in [2.75, 3.05) is 18.0 Å². The van der Waals surface area contributed by atoms with E-state index in [1.165, 1.54) is 12.1 Å². The largest absolute Gasteiger partial charge is 0.371 e. The molecule has 0 amide bonds. The number of nitrogens with zero attached hydrogens (tertiary/aromatic N) is 1. The Morgan fingerprint density at radius 1 is 1.33 bits per heavy atom. The van der Waals surface area contributed by atoms with Crippen LogP contribution in [0.2, 0.25) is 0 Å². The molecule has 1 aromatic carbocycles. The Hall–Kier alpha value is -0.830. The van der Waals surface area contributed by atoms with Crippen molar-refractivity contribution < 1.29 is 4.79 Å².